The number of nitrogens with one attached hydrogen (secondary N) is 3. The zero-order valence-electron chi connectivity index (χ0n) is 26.2. The highest BCUT2D eigenvalue weighted by Crippen LogP contribution is 2.29. The molecule has 3 aromatic carbocycles. The maximum absolute atomic E-state index is 14.2. The van der Waals surface area contributed by atoms with Gasteiger partial charge in [-0.1, -0.05) is 98.8 Å². The molecular formula is C35H46N8O3. The summed E-state index contributed by atoms with van der Waals surface area (Å²) in [4.78, 5) is 44.2. The van der Waals surface area contributed by atoms with Gasteiger partial charge < -0.3 is 33.6 Å². The van der Waals surface area contributed by atoms with Gasteiger partial charge in [-0.3, -0.25) is 24.8 Å². The van der Waals surface area contributed by atoms with Gasteiger partial charge in [-0.2, -0.15) is 0 Å². The van der Waals surface area contributed by atoms with Crippen LogP contribution in [0.1, 0.15) is 74.0 Å². The minimum atomic E-state index is -0.927. The fourth-order valence-electron chi connectivity index (χ4n) is 6.16. The SMILES string of the molecule is N=C(N)c1ccc(C[C@H](C(=O)N[C@@H](CC2CCCCC2)C(=O)NC(CCCN=C(N)N)C(N)=O)c2ccc3ccccc3c2)cc1. The van der Waals surface area contributed by atoms with E-state index < -0.39 is 29.8 Å². The van der Waals surface area contributed by atoms with Crippen molar-refractivity contribution in [1.29, 1.82) is 5.41 Å². The number of amides is 3. The summed E-state index contributed by atoms with van der Waals surface area (Å²) in [5, 5.41) is 15.7. The van der Waals surface area contributed by atoms with Crippen molar-refractivity contribution in [2.45, 2.75) is 75.8 Å². The predicted molar refractivity (Wildman–Crippen MR) is 182 cm³/mol. The molecule has 3 aromatic rings. The second kappa shape index (κ2) is 16.4. The Balaban J connectivity index is 1.60. The molecular weight excluding hydrogens is 580 g/mol. The number of primary amides is 1. The molecule has 0 heterocycles. The Bertz CT molecular complexity index is 1540. The smallest absolute Gasteiger partial charge is 0.243 e. The van der Waals surface area contributed by atoms with E-state index in [0.717, 1.165) is 54.0 Å². The molecule has 0 spiro atoms. The number of nitrogens with zero attached hydrogens (tertiary/aromatic N) is 1. The third-order valence-electron chi connectivity index (χ3n) is 8.73. The summed E-state index contributed by atoms with van der Waals surface area (Å²) in [6, 6.07) is 19.4. The minimum absolute atomic E-state index is 0.0301. The van der Waals surface area contributed by atoms with Crippen LogP contribution in [-0.2, 0) is 20.8 Å². The summed E-state index contributed by atoms with van der Waals surface area (Å²) in [6.45, 7) is 0.297. The number of hydrogen-bond donors (Lipinski definition) is 7. The topological polar surface area (TPSA) is 216 Å². The summed E-state index contributed by atoms with van der Waals surface area (Å²) in [7, 11) is 0. The molecule has 1 fully saturated rings. The zero-order chi connectivity index (χ0) is 33.1. The molecule has 0 radical (unpaired) electrons. The minimum Gasteiger partial charge on any atom is -0.384 e. The van der Waals surface area contributed by atoms with Crippen LogP contribution in [0, 0.1) is 11.3 Å². The van der Waals surface area contributed by atoms with Crippen molar-refractivity contribution in [1.82, 2.24) is 10.6 Å². The Morgan fingerprint density at radius 1 is 0.826 bits per heavy atom. The third-order valence-corrected chi connectivity index (χ3v) is 8.73. The summed E-state index contributed by atoms with van der Waals surface area (Å²) in [5.74, 6) is -1.80. The van der Waals surface area contributed by atoms with Crippen molar-refractivity contribution in [3.63, 3.8) is 0 Å². The molecule has 3 atom stereocenters. The van der Waals surface area contributed by atoms with Crippen LogP contribution in [0.4, 0.5) is 0 Å². The van der Waals surface area contributed by atoms with Gasteiger partial charge in [0.1, 0.15) is 17.9 Å². The van der Waals surface area contributed by atoms with Gasteiger partial charge in [0.15, 0.2) is 5.96 Å². The number of nitrogen functional groups attached to an aromatic ring is 1. The Morgan fingerprint density at radius 3 is 2.15 bits per heavy atom. The van der Waals surface area contributed by atoms with E-state index in [2.05, 4.69) is 15.6 Å². The molecule has 1 aliphatic rings. The highest BCUT2D eigenvalue weighted by molar-refractivity contribution is 5.95. The Labute approximate surface area is 270 Å². The normalized spacial score (nSPS) is 15.3. The monoisotopic (exact) mass is 626 g/mol. The van der Waals surface area contributed by atoms with Gasteiger partial charge >= 0.3 is 0 Å². The molecule has 0 saturated heterocycles. The van der Waals surface area contributed by atoms with Crippen LogP contribution in [0.15, 0.2) is 71.7 Å². The Kier molecular flexibility index (Phi) is 12.1. The lowest BCUT2D eigenvalue weighted by atomic mass is 9.84. The maximum atomic E-state index is 14.2. The molecule has 3 amide bonds. The van der Waals surface area contributed by atoms with Gasteiger partial charge in [-0.05, 0) is 53.5 Å². The van der Waals surface area contributed by atoms with E-state index in [1.54, 1.807) is 12.1 Å². The molecule has 1 aliphatic carbocycles. The van der Waals surface area contributed by atoms with Gasteiger partial charge in [0.05, 0.1) is 5.92 Å². The summed E-state index contributed by atoms with van der Waals surface area (Å²) >= 11 is 0. The quantitative estimate of drug-likeness (QED) is 0.0764. The molecule has 0 bridgehead atoms. The van der Waals surface area contributed by atoms with Gasteiger partial charge in [0, 0.05) is 12.1 Å². The van der Waals surface area contributed by atoms with Crippen LogP contribution in [0.3, 0.4) is 0 Å². The van der Waals surface area contributed by atoms with E-state index in [9.17, 15) is 14.4 Å². The van der Waals surface area contributed by atoms with Crippen molar-refractivity contribution < 1.29 is 14.4 Å². The number of rotatable bonds is 15. The molecule has 11 N–H and O–H groups in total. The highest BCUT2D eigenvalue weighted by Gasteiger charge is 2.31. The Morgan fingerprint density at radius 2 is 1.50 bits per heavy atom. The second-order valence-electron chi connectivity index (χ2n) is 12.2. The summed E-state index contributed by atoms with van der Waals surface area (Å²) in [6.07, 6.45) is 6.82. The third kappa shape index (κ3) is 9.79. The standard InChI is InChI=1S/C35H46N8O3/c36-31(37)25-14-12-23(13-15-25)19-28(27-17-16-24-9-4-5-10-26(24)21-27)33(45)43-30(20-22-7-2-1-3-8-22)34(46)42-29(32(38)44)11-6-18-41-35(39)40/h4-5,9-10,12-17,21-22,28-30H,1-3,6-8,11,18-20H2,(H3,36,37)(H2,38,44)(H,42,46)(H,43,45)(H4,39,40,41)/t28-,29?,30-/m0/s1. The molecule has 1 saturated carbocycles. The average Bonchev–Trinajstić information content (AvgIpc) is 3.04. The van der Waals surface area contributed by atoms with Crippen LogP contribution >= 0.6 is 0 Å². The number of guanidine groups is 1. The first-order chi connectivity index (χ1) is 22.1. The molecule has 11 heteroatoms. The number of fused-ring (bicyclic) bond motifs is 1. The first-order valence-corrected chi connectivity index (χ1v) is 16.0. The molecule has 11 nitrogen and oxygen atoms in total. The van der Waals surface area contributed by atoms with E-state index in [0.29, 0.717) is 31.4 Å². The van der Waals surface area contributed by atoms with Crippen molar-refractivity contribution >= 4 is 40.3 Å². The van der Waals surface area contributed by atoms with Gasteiger partial charge in [-0.15, -0.1) is 0 Å². The predicted octanol–water partition coefficient (Wildman–Crippen LogP) is 2.93. The fourth-order valence-corrected chi connectivity index (χ4v) is 6.16. The molecule has 1 unspecified atom stereocenters. The molecule has 0 aromatic heterocycles. The largest absolute Gasteiger partial charge is 0.384 e. The lowest BCUT2D eigenvalue weighted by Crippen LogP contribution is -2.54. The van der Waals surface area contributed by atoms with Crippen LogP contribution in [-0.4, -0.2) is 48.1 Å². The zero-order valence-corrected chi connectivity index (χ0v) is 26.2. The number of amidine groups is 1. The van der Waals surface area contributed by atoms with Crippen molar-refractivity contribution in [2.75, 3.05) is 6.54 Å². The van der Waals surface area contributed by atoms with E-state index in [1.165, 1.54) is 0 Å². The lowest BCUT2D eigenvalue weighted by molar-refractivity contribution is -0.132. The van der Waals surface area contributed by atoms with Crippen LogP contribution in [0.2, 0.25) is 0 Å². The van der Waals surface area contributed by atoms with E-state index in [1.807, 2.05) is 54.6 Å². The summed E-state index contributed by atoms with van der Waals surface area (Å²) < 4.78 is 0. The summed E-state index contributed by atoms with van der Waals surface area (Å²) in [5.41, 5.74) is 24.4. The average molecular weight is 627 g/mol. The van der Waals surface area contributed by atoms with E-state index in [-0.39, 0.29) is 30.0 Å². The number of benzene rings is 3. The number of nitrogens with two attached hydrogens (primary N) is 4. The van der Waals surface area contributed by atoms with Gasteiger partial charge in [-0.25, -0.2) is 0 Å². The number of hydrogen-bond acceptors (Lipinski definition) is 5. The second-order valence-corrected chi connectivity index (χ2v) is 12.2. The molecule has 0 aliphatic heterocycles. The van der Waals surface area contributed by atoms with Gasteiger partial charge in [0.2, 0.25) is 17.7 Å². The van der Waals surface area contributed by atoms with Crippen LogP contribution in [0.5, 0.6) is 0 Å². The van der Waals surface area contributed by atoms with E-state index in [4.69, 9.17) is 28.3 Å². The molecule has 46 heavy (non-hydrogen) atoms. The molecule has 4 rings (SSSR count). The maximum Gasteiger partial charge on any atom is 0.243 e. The van der Waals surface area contributed by atoms with Crippen molar-refractivity contribution in [3.8, 4) is 0 Å². The number of carbonyl (C=O) groups excluding carboxylic acids is 3. The van der Waals surface area contributed by atoms with Crippen molar-refractivity contribution in [3.05, 3.63) is 83.4 Å². The fraction of sp³-hybridized carbons (Fsp3) is 0.400. The first-order valence-electron chi connectivity index (χ1n) is 16.0. The lowest BCUT2D eigenvalue weighted by Gasteiger charge is -2.29. The molecule has 244 valence electrons. The van der Waals surface area contributed by atoms with E-state index >= 15 is 0 Å². The number of carbonyl (C=O) groups is 3. The number of aliphatic imine (C=N–C) groups is 1. The first kappa shape index (κ1) is 34.0. The van der Waals surface area contributed by atoms with Crippen LogP contribution in [0.25, 0.3) is 10.8 Å². The van der Waals surface area contributed by atoms with Crippen molar-refractivity contribution in [2.24, 2.45) is 33.8 Å². The van der Waals surface area contributed by atoms with Gasteiger partial charge in [0.25, 0.3) is 0 Å². The van der Waals surface area contributed by atoms with Crippen LogP contribution < -0.4 is 33.6 Å². The highest BCUT2D eigenvalue weighted by atomic mass is 16.2. The Hall–Kier alpha value is -4.93.